The molecule has 0 aromatic carbocycles. The van der Waals surface area contributed by atoms with Crippen LogP contribution in [0.4, 0.5) is 0 Å². The van der Waals surface area contributed by atoms with Gasteiger partial charge in [0.2, 0.25) is 0 Å². The van der Waals surface area contributed by atoms with E-state index in [4.69, 9.17) is 0 Å². The summed E-state index contributed by atoms with van der Waals surface area (Å²) >= 11 is 0. The Morgan fingerprint density at radius 3 is 2.89 bits per heavy atom. The number of aromatic nitrogens is 3. The van der Waals surface area contributed by atoms with Crippen LogP contribution >= 0.6 is 0 Å². The first-order valence-electron chi connectivity index (χ1n) is 6.91. The number of hydrogen-bond donors (Lipinski definition) is 1. The lowest BCUT2D eigenvalue weighted by Crippen LogP contribution is -2.22. The van der Waals surface area contributed by atoms with E-state index in [1.807, 2.05) is 36.3 Å². The van der Waals surface area contributed by atoms with Crippen molar-refractivity contribution < 1.29 is 0 Å². The van der Waals surface area contributed by atoms with Gasteiger partial charge >= 0.3 is 0 Å². The first-order chi connectivity index (χ1) is 9.29. The molecule has 0 aliphatic rings. The van der Waals surface area contributed by atoms with E-state index < -0.39 is 0 Å². The van der Waals surface area contributed by atoms with Crippen LogP contribution < -0.4 is 5.32 Å². The predicted molar refractivity (Wildman–Crippen MR) is 76.8 cm³/mol. The van der Waals surface area contributed by atoms with Gasteiger partial charge in [0, 0.05) is 36.7 Å². The van der Waals surface area contributed by atoms with Crippen molar-refractivity contribution in [2.45, 2.75) is 32.2 Å². The zero-order chi connectivity index (χ0) is 13.5. The molecule has 4 nitrogen and oxygen atoms in total. The molecule has 1 atom stereocenters. The van der Waals surface area contributed by atoms with Crippen molar-refractivity contribution in [3.63, 3.8) is 0 Å². The van der Waals surface area contributed by atoms with E-state index in [2.05, 4.69) is 34.6 Å². The molecular formula is C15H22N4. The van der Waals surface area contributed by atoms with E-state index in [1.165, 1.54) is 5.56 Å². The van der Waals surface area contributed by atoms with Crippen LogP contribution in [0.1, 0.15) is 37.1 Å². The van der Waals surface area contributed by atoms with Gasteiger partial charge in [-0.2, -0.15) is 5.10 Å². The van der Waals surface area contributed by atoms with Gasteiger partial charge in [-0.1, -0.05) is 13.0 Å². The van der Waals surface area contributed by atoms with Gasteiger partial charge in [-0.15, -0.1) is 0 Å². The molecular weight excluding hydrogens is 236 g/mol. The lowest BCUT2D eigenvalue weighted by atomic mass is 10.0. The quantitative estimate of drug-likeness (QED) is 0.829. The van der Waals surface area contributed by atoms with Gasteiger partial charge in [0.1, 0.15) is 0 Å². The molecule has 0 radical (unpaired) electrons. The molecule has 1 N–H and O–H groups in total. The minimum Gasteiger partial charge on any atom is -0.310 e. The zero-order valence-electron chi connectivity index (χ0n) is 11.7. The maximum atomic E-state index is 4.38. The first-order valence-corrected chi connectivity index (χ1v) is 6.91. The van der Waals surface area contributed by atoms with E-state index in [0.29, 0.717) is 6.04 Å². The molecule has 2 rings (SSSR count). The van der Waals surface area contributed by atoms with Crippen molar-refractivity contribution in [3.8, 4) is 0 Å². The molecule has 102 valence electrons. The Balaban J connectivity index is 1.98. The molecule has 0 amide bonds. The van der Waals surface area contributed by atoms with Crippen LogP contribution in [0, 0.1) is 0 Å². The van der Waals surface area contributed by atoms with Gasteiger partial charge in [-0.3, -0.25) is 9.67 Å². The molecule has 0 saturated heterocycles. The molecule has 2 aromatic heterocycles. The third kappa shape index (κ3) is 4.17. The standard InChI is InChI=1S/C15H22N4/c1-3-9-17-15(13-11-18-19(2)12-13)8-7-14-6-4-5-10-16-14/h4-6,10-12,15,17H,3,7-9H2,1-2H3. The Bertz CT molecular complexity index is 478. The molecule has 4 heteroatoms. The van der Waals surface area contributed by atoms with E-state index in [1.54, 1.807) is 0 Å². The number of hydrogen-bond acceptors (Lipinski definition) is 3. The highest BCUT2D eigenvalue weighted by Crippen LogP contribution is 2.18. The summed E-state index contributed by atoms with van der Waals surface area (Å²) in [5.74, 6) is 0. The van der Waals surface area contributed by atoms with Gasteiger partial charge in [-0.25, -0.2) is 0 Å². The summed E-state index contributed by atoms with van der Waals surface area (Å²) in [7, 11) is 1.96. The number of aryl methyl sites for hydroxylation is 2. The van der Waals surface area contributed by atoms with Crippen LogP contribution in [-0.4, -0.2) is 21.3 Å². The SMILES string of the molecule is CCCNC(CCc1ccccn1)c1cnn(C)c1. The van der Waals surface area contributed by atoms with Gasteiger partial charge in [-0.05, 0) is 37.9 Å². The molecule has 0 saturated carbocycles. The van der Waals surface area contributed by atoms with Crippen molar-refractivity contribution in [1.82, 2.24) is 20.1 Å². The maximum Gasteiger partial charge on any atom is 0.0537 e. The highest BCUT2D eigenvalue weighted by molar-refractivity contribution is 5.12. The highest BCUT2D eigenvalue weighted by atomic mass is 15.2. The summed E-state index contributed by atoms with van der Waals surface area (Å²) in [6.07, 6.45) is 9.06. The Morgan fingerprint density at radius 2 is 2.26 bits per heavy atom. The minimum absolute atomic E-state index is 0.357. The summed E-state index contributed by atoms with van der Waals surface area (Å²) in [6.45, 7) is 3.22. The molecule has 0 bridgehead atoms. The summed E-state index contributed by atoms with van der Waals surface area (Å²) < 4.78 is 1.86. The lowest BCUT2D eigenvalue weighted by Gasteiger charge is -2.16. The average Bonchev–Trinajstić information content (AvgIpc) is 2.86. The molecule has 2 aromatic rings. The second-order valence-electron chi connectivity index (χ2n) is 4.81. The van der Waals surface area contributed by atoms with E-state index >= 15 is 0 Å². The topological polar surface area (TPSA) is 42.7 Å². The largest absolute Gasteiger partial charge is 0.310 e. The van der Waals surface area contributed by atoms with Crippen molar-refractivity contribution in [3.05, 3.63) is 48.0 Å². The molecule has 0 aliphatic carbocycles. The summed E-state index contributed by atoms with van der Waals surface area (Å²) in [5.41, 5.74) is 2.40. The summed E-state index contributed by atoms with van der Waals surface area (Å²) in [6, 6.07) is 6.44. The first kappa shape index (κ1) is 13.7. The van der Waals surface area contributed by atoms with Crippen LogP contribution in [0.2, 0.25) is 0 Å². The van der Waals surface area contributed by atoms with Crippen LogP contribution in [0.15, 0.2) is 36.8 Å². The number of rotatable bonds is 7. The Kier molecular flexibility index (Phi) is 5.10. The Labute approximate surface area is 114 Å². The van der Waals surface area contributed by atoms with Crippen LogP contribution in [-0.2, 0) is 13.5 Å². The minimum atomic E-state index is 0.357. The zero-order valence-corrected chi connectivity index (χ0v) is 11.7. The molecule has 1 unspecified atom stereocenters. The summed E-state index contributed by atoms with van der Waals surface area (Å²) in [5, 5.41) is 7.85. The molecule has 0 spiro atoms. The molecule has 0 aliphatic heterocycles. The Morgan fingerprint density at radius 1 is 1.37 bits per heavy atom. The molecule has 0 fully saturated rings. The third-order valence-corrected chi connectivity index (χ3v) is 3.18. The molecule has 2 heterocycles. The van der Waals surface area contributed by atoms with Crippen molar-refractivity contribution in [2.75, 3.05) is 6.54 Å². The average molecular weight is 258 g/mol. The van der Waals surface area contributed by atoms with Gasteiger partial charge in [0.05, 0.1) is 6.20 Å². The van der Waals surface area contributed by atoms with Crippen molar-refractivity contribution >= 4 is 0 Å². The Hall–Kier alpha value is -1.68. The monoisotopic (exact) mass is 258 g/mol. The van der Waals surface area contributed by atoms with Crippen molar-refractivity contribution in [2.24, 2.45) is 7.05 Å². The highest BCUT2D eigenvalue weighted by Gasteiger charge is 2.12. The van der Waals surface area contributed by atoms with E-state index in [9.17, 15) is 0 Å². The second-order valence-corrected chi connectivity index (χ2v) is 4.81. The van der Waals surface area contributed by atoms with E-state index in [-0.39, 0.29) is 0 Å². The van der Waals surface area contributed by atoms with Gasteiger partial charge in [0.25, 0.3) is 0 Å². The number of nitrogens with one attached hydrogen (secondary N) is 1. The van der Waals surface area contributed by atoms with Crippen LogP contribution in [0.3, 0.4) is 0 Å². The van der Waals surface area contributed by atoms with Gasteiger partial charge < -0.3 is 5.32 Å². The second kappa shape index (κ2) is 7.04. The summed E-state index contributed by atoms with van der Waals surface area (Å²) in [4.78, 5) is 4.38. The third-order valence-electron chi connectivity index (χ3n) is 3.18. The van der Waals surface area contributed by atoms with Crippen molar-refractivity contribution in [1.29, 1.82) is 0 Å². The number of pyridine rings is 1. The predicted octanol–water partition coefficient (Wildman–Crippen LogP) is 2.49. The fourth-order valence-corrected chi connectivity index (χ4v) is 2.16. The van der Waals surface area contributed by atoms with Gasteiger partial charge in [0.15, 0.2) is 0 Å². The van der Waals surface area contributed by atoms with E-state index in [0.717, 1.165) is 31.5 Å². The molecule has 19 heavy (non-hydrogen) atoms. The maximum absolute atomic E-state index is 4.38. The van der Waals surface area contributed by atoms with Crippen LogP contribution in [0.25, 0.3) is 0 Å². The fraction of sp³-hybridized carbons (Fsp3) is 0.467. The number of nitrogens with zero attached hydrogens (tertiary/aromatic N) is 3. The smallest absolute Gasteiger partial charge is 0.0537 e. The fourth-order valence-electron chi connectivity index (χ4n) is 2.16. The van der Waals surface area contributed by atoms with Crippen LogP contribution in [0.5, 0.6) is 0 Å². The normalized spacial score (nSPS) is 12.5. The lowest BCUT2D eigenvalue weighted by molar-refractivity contribution is 0.497.